The van der Waals surface area contributed by atoms with Crippen molar-refractivity contribution in [3.63, 3.8) is 0 Å². The maximum absolute atomic E-state index is 5.67. The Labute approximate surface area is 63.3 Å². The molecular weight excluding hydrogens is 122 g/mol. The quantitative estimate of drug-likeness (QED) is 0.593. The lowest BCUT2D eigenvalue weighted by molar-refractivity contribution is 0.322. The summed E-state index contributed by atoms with van der Waals surface area (Å²) < 4.78 is 0. The summed E-state index contributed by atoms with van der Waals surface area (Å²) in [5, 5.41) is 0. The molecule has 0 amide bonds. The molecular formula is C9H17N. The van der Waals surface area contributed by atoms with E-state index in [9.17, 15) is 0 Å². The Morgan fingerprint density at radius 1 is 1.70 bits per heavy atom. The van der Waals surface area contributed by atoms with Gasteiger partial charge in [-0.25, -0.2) is 0 Å². The van der Waals surface area contributed by atoms with E-state index >= 15 is 0 Å². The van der Waals surface area contributed by atoms with Crippen LogP contribution < -0.4 is 5.73 Å². The van der Waals surface area contributed by atoms with Gasteiger partial charge in [0.05, 0.1) is 0 Å². The summed E-state index contributed by atoms with van der Waals surface area (Å²) in [5.74, 6) is 0. The lowest BCUT2D eigenvalue weighted by atomic mass is 9.83. The third-order valence-corrected chi connectivity index (χ3v) is 2.49. The molecule has 0 aromatic rings. The van der Waals surface area contributed by atoms with Crippen molar-refractivity contribution in [1.29, 1.82) is 0 Å². The molecule has 58 valence electrons. The molecule has 0 aliphatic heterocycles. The number of hydrogen-bond donors (Lipinski definition) is 1. The van der Waals surface area contributed by atoms with Crippen LogP contribution in [0.5, 0.6) is 0 Å². The molecule has 1 heteroatoms. The molecule has 0 spiro atoms. The minimum Gasteiger partial charge on any atom is -0.330 e. The third kappa shape index (κ3) is 1.84. The maximum atomic E-state index is 5.67. The van der Waals surface area contributed by atoms with Gasteiger partial charge in [-0.3, -0.25) is 0 Å². The lowest BCUT2D eigenvalue weighted by Gasteiger charge is -2.24. The average molecular weight is 139 g/mol. The van der Waals surface area contributed by atoms with Gasteiger partial charge in [0.2, 0.25) is 0 Å². The summed E-state index contributed by atoms with van der Waals surface area (Å²) in [6, 6.07) is 0. The molecule has 0 saturated carbocycles. The van der Waals surface area contributed by atoms with Crippen molar-refractivity contribution >= 4 is 0 Å². The van der Waals surface area contributed by atoms with Gasteiger partial charge in [-0.05, 0) is 31.2 Å². The van der Waals surface area contributed by atoms with Gasteiger partial charge < -0.3 is 5.73 Å². The van der Waals surface area contributed by atoms with Crippen LogP contribution in [0.4, 0.5) is 0 Å². The smallest absolute Gasteiger partial charge is 0.00202 e. The van der Waals surface area contributed by atoms with Crippen LogP contribution in [0.2, 0.25) is 0 Å². The van der Waals surface area contributed by atoms with E-state index in [0.717, 1.165) is 6.54 Å². The van der Waals surface area contributed by atoms with Crippen LogP contribution in [0.1, 0.15) is 33.1 Å². The van der Waals surface area contributed by atoms with Crippen molar-refractivity contribution < 1.29 is 0 Å². The number of allylic oxidation sites excluding steroid dienone is 2. The molecule has 0 heterocycles. The highest BCUT2D eigenvalue weighted by molar-refractivity contribution is 5.23. The van der Waals surface area contributed by atoms with Crippen LogP contribution in [0.3, 0.4) is 0 Å². The van der Waals surface area contributed by atoms with Gasteiger partial charge >= 0.3 is 0 Å². The second kappa shape index (κ2) is 2.75. The Morgan fingerprint density at radius 3 is 2.60 bits per heavy atom. The Hall–Kier alpha value is -0.300. The zero-order valence-corrected chi connectivity index (χ0v) is 6.98. The summed E-state index contributed by atoms with van der Waals surface area (Å²) in [5.41, 5.74) is 7.65. The molecule has 0 bridgehead atoms. The SMILES string of the molecule is CCC(C)(CN)CC1=CC1. The van der Waals surface area contributed by atoms with E-state index in [4.69, 9.17) is 5.73 Å². The summed E-state index contributed by atoms with van der Waals surface area (Å²) in [4.78, 5) is 0. The highest BCUT2D eigenvalue weighted by Crippen LogP contribution is 2.35. The first-order valence-corrected chi connectivity index (χ1v) is 4.08. The topological polar surface area (TPSA) is 26.0 Å². The first-order valence-electron chi connectivity index (χ1n) is 4.08. The minimum absolute atomic E-state index is 0.377. The van der Waals surface area contributed by atoms with Crippen LogP contribution in [0, 0.1) is 5.41 Å². The van der Waals surface area contributed by atoms with Crippen LogP contribution in [-0.4, -0.2) is 6.54 Å². The zero-order valence-electron chi connectivity index (χ0n) is 6.98. The van der Waals surface area contributed by atoms with Crippen molar-refractivity contribution in [3.05, 3.63) is 11.6 Å². The average Bonchev–Trinajstić information content (AvgIpc) is 2.72. The highest BCUT2D eigenvalue weighted by Gasteiger charge is 2.24. The van der Waals surface area contributed by atoms with E-state index in [2.05, 4.69) is 19.9 Å². The summed E-state index contributed by atoms with van der Waals surface area (Å²) in [6.07, 6.45) is 5.96. The zero-order chi connectivity index (χ0) is 7.61. The summed E-state index contributed by atoms with van der Waals surface area (Å²) >= 11 is 0. The van der Waals surface area contributed by atoms with E-state index < -0.39 is 0 Å². The van der Waals surface area contributed by atoms with Crippen molar-refractivity contribution in [2.75, 3.05) is 6.54 Å². The highest BCUT2D eigenvalue weighted by atomic mass is 14.6. The molecule has 2 N–H and O–H groups in total. The van der Waals surface area contributed by atoms with Gasteiger partial charge in [-0.15, -0.1) is 0 Å². The Balaban J connectivity index is 2.37. The second-order valence-corrected chi connectivity index (χ2v) is 3.61. The van der Waals surface area contributed by atoms with Gasteiger partial charge in [0, 0.05) is 0 Å². The largest absolute Gasteiger partial charge is 0.330 e. The Kier molecular flexibility index (Phi) is 2.14. The standard InChI is InChI=1S/C9H17N/c1-3-9(2,7-10)6-8-4-5-8/h4H,3,5-7,10H2,1-2H3. The van der Waals surface area contributed by atoms with Crippen LogP contribution in [0.25, 0.3) is 0 Å². The van der Waals surface area contributed by atoms with Crippen LogP contribution in [-0.2, 0) is 0 Å². The van der Waals surface area contributed by atoms with Gasteiger partial charge in [0.15, 0.2) is 0 Å². The normalized spacial score (nSPS) is 21.7. The maximum Gasteiger partial charge on any atom is -0.00202 e. The van der Waals surface area contributed by atoms with E-state index in [1.54, 1.807) is 5.57 Å². The molecule has 1 unspecified atom stereocenters. The molecule has 1 nitrogen and oxygen atoms in total. The van der Waals surface area contributed by atoms with E-state index in [0.29, 0.717) is 5.41 Å². The van der Waals surface area contributed by atoms with Crippen molar-refractivity contribution in [3.8, 4) is 0 Å². The Morgan fingerprint density at radius 2 is 2.30 bits per heavy atom. The number of nitrogens with two attached hydrogens (primary N) is 1. The third-order valence-electron chi connectivity index (χ3n) is 2.49. The van der Waals surface area contributed by atoms with E-state index in [1.807, 2.05) is 0 Å². The van der Waals surface area contributed by atoms with E-state index in [1.165, 1.54) is 19.3 Å². The molecule has 0 aromatic heterocycles. The number of hydrogen-bond acceptors (Lipinski definition) is 1. The molecule has 0 aromatic carbocycles. The van der Waals surface area contributed by atoms with E-state index in [-0.39, 0.29) is 0 Å². The predicted molar refractivity (Wildman–Crippen MR) is 44.8 cm³/mol. The van der Waals surface area contributed by atoms with Crippen molar-refractivity contribution in [2.45, 2.75) is 33.1 Å². The molecule has 0 fully saturated rings. The van der Waals surface area contributed by atoms with Crippen molar-refractivity contribution in [1.82, 2.24) is 0 Å². The first kappa shape index (κ1) is 7.80. The molecule has 1 aliphatic carbocycles. The van der Waals surface area contributed by atoms with Gasteiger partial charge in [0.25, 0.3) is 0 Å². The minimum atomic E-state index is 0.377. The molecule has 1 aliphatic rings. The molecule has 1 atom stereocenters. The second-order valence-electron chi connectivity index (χ2n) is 3.61. The van der Waals surface area contributed by atoms with Crippen LogP contribution in [0.15, 0.2) is 11.6 Å². The van der Waals surface area contributed by atoms with Crippen molar-refractivity contribution in [2.24, 2.45) is 11.1 Å². The fourth-order valence-corrected chi connectivity index (χ4v) is 1.11. The summed E-state index contributed by atoms with van der Waals surface area (Å²) in [7, 11) is 0. The van der Waals surface area contributed by atoms with Crippen LogP contribution >= 0.6 is 0 Å². The number of rotatable bonds is 4. The van der Waals surface area contributed by atoms with Gasteiger partial charge in [-0.1, -0.05) is 25.5 Å². The summed E-state index contributed by atoms with van der Waals surface area (Å²) in [6.45, 7) is 5.31. The van der Waals surface area contributed by atoms with Gasteiger partial charge in [-0.2, -0.15) is 0 Å². The van der Waals surface area contributed by atoms with Gasteiger partial charge in [0.1, 0.15) is 0 Å². The monoisotopic (exact) mass is 139 g/mol. The lowest BCUT2D eigenvalue weighted by Crippen LogP contribution is -2.25. The molecule has 1 rings (SSSR count). The molecule has 10 heavy (non-hydrogen) atoms. The molecule has 0 saturated heterocycles. The Bertz CT molecular complexity index is 143. The fraction of sp³-hybridized carbons (Fsp3) is 0.778. The fourth-order valence-electron chi connectivity index (χ4n) is 1.11. The predicted octanol–water partition coefficient (Wildman–Crippen LogP) is 2.08. The first-order chi connectivity index (χ1) is 4.70. The molecule has 0 radical (unpaired) electrons.